The minimum absolute atomic E-state index is 0.0811. The average molecular weight is 561 g/mol. The van der Waals surface area contributed by atoms with E-state index in [9.17, 15) is 8.78 Å². The minimum Gasteiger partial charge on any atom is -0.490 e. The van der Waals surface area contributed by atoms with Crippen molar-refractivity contribution in [2.24, 2.45) is 17.8 Å². The lowest BCUT2D eigenvalue weighted by atomic mass is 9.68. The number of hydrogen-bond donors (Lipinski definition) is 0. The molecule has 0 aromatic heterocycles. The first-order chi connectivity index (χ1) is 20.0. The summed E-state index contributed by atoms with van der Waals surface area (Å²) in [4.78, 5) is 0. The summed E-state index contributed by atoms with van der Waals surface area (Å²) in [5.41, 5.74) is 3.03. The molecule has 2 saturated carbocycles. The van der Waals surface area contributed by atoms with E-state index in [2.05, 4.69) is 18.7 Å². The number of benzene rings is 3. The van der Waals surface area contributed by atoms with E-state index in [1.165, 1.54) is 57.1 Å². The van der Waals surface area contributed by atoms with Gasteiger partial charge in [0.2, 0.25) is 5.82 Å². The molecular weight excluding hydrogens is 517 g/mol. The number of hydrogen-bond acceptors (Lipinski definition) is 1. The van der Waals surface area contributed by atoms with Crippen molar-refractivity contribution in [3.8, 4) is 28.0 Å². The van der Waals surface area contributed by atoms with E-state index in [0.29, 0.717) is 35.6 Å². The Balaban J connectivity index is 1.19. The van der Waals surface area contributed by atoms with Gasteiger partial charge < -0.3 is 4.74 Å². The lowest BCUT2D eigenvalue weighted by Gasteiger charge is -2.38. The molecule has 0 amide bonds. The van der Waals surface area contributed by atoms with Gasteiger partial charge in [0.1, 0.15) is 5.82 Å². The summed E-state index contributed by atoms with van der Waals surface area (Å²) >= 11 is 0. The number of allylic oxidation sites excluding steroid dienone is 1. The zero-order chi connectivity index (χ0) is 28.8. The van der Waals surface area contributed by atoms with Crippen LogP contribution in [-0.4, -0.2) is 6.61 Å². The van der Waals surface area contributed by atoms with Crippen molar-refractivity contribution in [2.45, 2.75) is 83.5 Å². The first kappa shape index (κ1) is 29.5. The Morgan fingerprint density at radius 2 is 1.37 bits per heavy atom. The fourth-order valence-corrected chi connectivity index (χ4v) is 7.15. The highest BCUT2D eigenvalue weighted by molar-refractivity contribution is 5.71. The largest absolute Gasteiger partial charge is 0.490 e. The van der Waals surface area contributed by atoms with E-state index in [1.54, 1.807) is 30.3 Å². The molecule has 1 nitrogen and oxygen atoms in total. The lowest BCUT2D eigenvalue weighted by Crippen LogP contribution is -2.25. The topological polar surface area (TPSA) is 9.23 Å². The van der Waals surface area contributed by atoms with Gasteiger partial charge >= 0.3 is 0 Å². The molecule has 2 aliphatic carbocycles. The van der Waals surface area contributed by atoms with Gasteiger partial charge in [-0.1, -0.05) is 62.2 Å². The Labute approximate surface area is 243 Å². The van der Waals surface area contributed by atoms with Crippen molar-refractivity contribution in [3.05, 3.63) is 90.3 Å². The van der Waals surface area contributed by atoms with Gasteiger partial charge in [0.05, 0.1) is 6.61 Å². The molecule has 0 aliphatic heterocycles. The maximum Gasteiger partial charge on any atom is 0.201 e. The van der Waals surface area contributed by atoms with Crippen LogP contribution in [0.15, 0.2) is 67.3 Å². The van der Waals surface area contributed by atoms with Crippen LogP contribution in [0, 0.1) is 35.2 Å². The molecule has 0 N–H and O–H groups in total. The Morgan fingerprint density at radius 3 is 1.98 bits per heavy atom. The first-order valence-corrected chi connectivity index (χ1v) is 15.6. The highest BCUT2D eigenvalue weighted by Crippen LogP contribution is 2.45. The molecule has 0 spiro atoms. The minimum atomic E-state index is -0.984. The van der Waals surface area contributed by atoms with Crippen LogP contribution in [0.1, 0.15) is 89.0 Å². The highest BCUT2D eigenvalue weighted by atomic mass is 19.2. The Kier molecular flexibility index (Phi) is 9.90. The third kappa shape index (κ3) is 6.90. The summed E-state index contributed by atoms with van der Waals surface area (Å²) < 4.78 is 49.9. The van der Waals surface area contributed by atoms with Crippen LogP contribution in [0.25, 0.3) is 22.3 Å². The van der Waals surface area contributed by atoms with Crippen LogP contribution in [0.4, 0.5) is 13.2 Å². The van der Waals surface area contributed by atoms with E-state index >= 15 is 4.39 Å². The van der Waals surface area contributed by atoms with Crippen molar-refractivity contribution >= 4 is 0 Å². The predicted molar refractivity (Wildman–Crippen MR) is 163 cm³/mol. The molecule has 218 valence electrons. The molecular formula is C37H43F3O. The number of rotatable bonds is 10. The van der Waals surface area contributed by atoms with E-state index in [4.69, 9.17) is 4.74 Å². The molecule has 0 unspecified atom stereocenters. The van der Waals surface area contributed by atoms with E-state index in [0.717, 1.165) is 42.6 Å². The van der Waals surface area contributed by atoms with Gasteiger partial charge in [-0.2, -0.15) is 4.39 Å². The standard InChI is InChI=1S/C37H43F3O/c1-3-5-6-25-7-9-26(10-8-25)27-11-13-28(14-12-27)31-19-20-32(34(38)24-31)29-15-17-30(18-16-29)33-21-22-35(41-23-4-2)37(40)36(33)39/h3,15-22,24-28H,1,4-14,23H2,2H3. The van der Waals surface area contributed by atoms with E-state index in [1.807, 2.05) is 13.0 Å². The molecule has 3 aromatic carbocycles. The Bertz CT molecular complexity index is 1300. The number of halogens is 3. The SMILES string of the molecule is C=CCCC1CCC(C2CCC(c3ccc(-c4ccc(-c5ccc(OCCC)c(F)c5F)cc4)c(F)c3)CC2)CC1. The Morgan fingerprint density at radius 1 is 0.756 bits per heavy atom. The molecule has 0 radical (unpaired) electrons. The van der Waals surface area contributed by atoms with Crippen LogP contribution < -0.4 is 4.74 Å². The van der Waals surface area contributed by atoms with Crippen molar-refractivity contribution < 1.29 is 17.9 Å². The molecule has 41 heavy (non-hydrogen) atoms. The molecule has 0 heterocycles. The average Bonchev–Trinajstić information content (AvgIpc) is 3.01. The van der Waals surface area contributed by atoms with Gasteiger partial charge in [-0.25, -0.2) is 8.78 Å². The molecule has 0 bridgehead atoms. The molecule has 0 saturated heterocycles. The lowest BCUT2D eigenvalue weighted by molar-refractivity contribution is 0.157. The van der Waals surface area contributed by atoms with Crippen molar-refractivity contribution in [2.75, 3.05) is 6.61 Å². The normalized spacial score (nSPS) is 22.8. The predicted octanol–water partition coefficient (Wildman–Crippen LogP) is 11.3. The molecule has 5 rings (SSSR count). The van der Waals surface area contributed by atoms with Gasteiger partial charge in [0, 0.05) is 11.1 Å². The van der Waals surface area contributed by atoms with Crippen LogP contribution >= 0.6 is 0 Å². The second-order valence-electron chi connectivity index (χ2n) is 12.2. The molecule has 3 aromatic rings. The summed E-state index contributed by atoms with van der Waals surface area (Å²) in [5.74, 6) is 0.771. The Hall–Kier alpha value is -3.01. The van der Waals surface area contributed by atoms with Crippen LogP contribution in [0.3, 0.4) is 0 Å². The molecule has 0 atom stereocenters. The maximum atomic E-state index is 15.3. The van der Waals surface area contributed by atoms with Crippen LogP contribution in [-0.2, 0) is 0 Å². The van der Waals surface area contributed by atoms with Gasteiger partial charge in [0.15, 0.2) is 11.6 Å². The van der Waals surface area contributed by atoms with E-state index in [-0.39, 0.29) is 17.1 Å². The third-order valence-corrected chi connectivity index (χ3v) is 9.59. The molecule has 2 aliphatic rings. The van der Waals surface area contributed by atoms with Crippen LogP contribution in [0.2, 0.25) is 0 Å². The summed E-state index contributed by atoms with van der Waals surface area (Å²) in [5, 5.41) is 0. The summed E-state index contributed by atoms with van der Waals surface area (Å²) in [6.07, 6.45) is 15.5. The van der Waals surface area contributed by atoms with E-state index < -0.39 is 11.6 Å². The fourth-order valence-electron chi connectivity index (χ4n) is 7.15. The second kappa shape index (κ2) is 13.8. The van der Waals surface area contributed by atoms with Crippen molar-refractivity contribution in [3.63, 3.8) is 0 Å². The second-order valence-corrected chi connectivity index (χ2v) is 12.2. The molecule has 2 fully saturated rings. The first-order valence-electron chi connectivity index (χ1n) is 15.6. The third-order valence-electron chi connectivity index (χ3n) is 9.59. The number of ether oxygens (including phenoxy) is 1. The summed E-state index contributed by atoms with van der Waals surface area (Å²) in [6, 6.07) is 15.6. The quantitative estimate of drug-likeness (QED) is 0.224. The highest BCUT2D eigenvalue weighted by Gasteiger charge is 2.31. The fraction of sp³-hybridized carbons (Fsp3) is 0.459. The van der Waals surface area contributed by atoms with Crippen molar-refractivity contribution in [1.82, 2.24) is 0 Å². The maximum absolute atomic E-state index is 15.3. The zero-order valence-corrected chi connectivity index (χ0v) is 24.3. The van der Waals surface area contributed by atoms with Crippen LogP contribution in [0.5, 0.6) is 5.75 Å². The van der Waals surface area contributed by atoms with Crippen molar-refractivity contribution in [1.29, 1.82) is 0 Å². The van der Waals surface area contributed by atoms with Gasteiger partial charge in [-0.15, -0.1) is 6.58 Å². The summed E-state index contributed by atoms with van der Waals surface area (Å²) in [6.45, 7) is 6.10. The van der Waals surface area contributed by atoms with Gasteiger partial charge in [0.25, 0.3) is 0 Å². The smallest absolute Gasteiger partial charge is 0.201 e. The molecule has 4 heteroatoms. The monoisotopic (exact) mass is 560 g/mol. The summed E-state index contributed by atoms with van der Waals surface area (Å²) in [7, 11) is 0. The zero-order valence-electron chi connectivity index (χ0n) is 24.3. The van der Waals surface area contributed by atoms with Gasteiger partial charge in [-0.3, -0.25) is 0 Å². The van der Waals surface area contributed by atoms with Gasteiger partial charge in [-0.05, 0) is 116 Å².